The number of rotatable bonds is 3. The van der Waals surface area contributed by atoms with Gasteiger partial charge >= 0.3 is 7.56 Å². The van der Waals surface area contributed by atoms with Crippen LogP contribution in [0.3, 0.4) is 0 Å². The largest absolute Gasteiger partial charge is 0.391 e. The summed E-state index contributed by atoms with van der Waals surface area (Å²) >= 11 is 0. The molecule has 0 saturated heterocycles. The molecular weight excluding hydrogens is 105 g/mol. The van der Waals surface area contributed by atoms with Gasteiger partial charge in [0.25, 0.3) is 0 Å². The van der Waals surface area contributed by atoms with Gasteiger partial charge in [-0.3, -0.25) is 0 Å². The first-order valence-corrected chi connectivity index (χ1v) is 2.41. The van der Waals surface area contributed by atoms with Gasteiger partial charge in [0.05, 0.1) is 5.50 Å². The van der Waals surface area contributed by atoms with E-state index in [1.54, 1.807) is 13.8 Å². The van der Waals surface area contributed by atoms with Crippen molar-refractivity contribution in [1.82, 2.24) is 0 Å². The highest BCUT2D eigenvalue weighted by Gasteiger charge is 2.19. The highest BCUT2D eigenvalue weighted by atomic mass is 19.1. The summed E-state index contributed by atoms with van der Waals surface area (Å²) in [5.74, 6) is 0. The van der Waals surface area contributed by atoms with Crippen molar-refractivity contribution in [2.75, 3.05) is 6.51 Å². The first-order chi connectivity index (χ1) is 3.62. The predicted molar refractivity (Wildman–Crippen MR) is 32.6 cm³/mol. The summed E-state index contributed by atoms with van der Waals surface area (Å²) in [6.45, 7) is 3.24. The minimum atomic E-state index is -0.825. The first-order valence-electron chi connectivity index (χ1n) is 2.41. The fourth-order valence-electron chi connectivity index (χ4n) is 0.246. The summed E-state index contributed by atoms with van der Waals surface area (Å²) < 4.78 is 16.4. The third-order valence-electron chi connectivity index (χ3n) is 0.718. The SMILES string of the molecule is [B]COC(C)(C)[B]F. The van der Waals surface area contributed by atoms with Crippen LogP contribution in [0.25, 0.3) is 0 Å². The van der Waals surface area contributed by atoms with Crippen LogP contribution in [-0.4, -0.2) is 27.4 Å². The van der Waals surface area contributed by atoms with E-state index >= 15 is 0 Å². The normalized spacial score (nSPS) is 11.4. The van der Waals surface area contributed by atoms with E-state index in [1.165, 1.54) is 0 Å². The monoisotopic (exact) mass is 113 g/mol. The maximum absolute atomic E-state index is 11.7. The lowest BCUT2D eigenvalue weighted by atomic mass is 9.81. The Hall–Kier alpha value is 0.0199. The molecule has 0 aliphatic carbocycles. The van der Waals surface area contributed by atoms with Gasteiger partial charge in [-0.2, -0.15) is 0 Å². The number of hydrogen-bond acceptors (Lipinski definition) is 1. The van der Waals surface area contributed by atoms with Crippen LogP contribution in [0.2, 0.25) is 0 Å². The molecule has 0 aliphatic heterocycles. The van der Waals surface area contributed by atoms with E-state index in [1.807, 2.05) is 0 Å². The van der Waals surface area contributed by atoms with Crippen LogP contribution in [-0.2, 0) is 4.74 Å². The maximum atomic E-state index is 11.7. The summed E-state index contributed by atoms with van der Waals surface area (Å²) in [7, 11) is 5.45. The average Bonchev–Trinajstić information content (AvgIpc) is 1.67. The van der Waals surface area contributed by atoms with Crippen molar-refractivity contribution in [3.8, 4) is 0 Å². The molecule has 0 amide bonds. The highest BCUT2D eigenvalue weighted by Crippen LogP contribution is 2.05. The van der Waals surface area contributed by atoms with Crippen molar-refractivity contribution in [1.29, 1.82) is 0 Å². The lowest BCUT2D eigenvalue weighted by molar-refractivity contribution is 0.0718. The van der Waals surface area contributed by atoms with Gasteiger partial charge in [-0.25, -0.2) is 0 Å². The fraction of sp³-hybridized carbons (Fsp3) is 1.00. The molecule has 3 radical (unpaired) electrons. The van der Waals surface area contributed by atoms with Gasteiger partial charge in [0.2, 0.25) is 0 Å². The van der Waals surface area contributed by atoms with Gasteiger partial charge in [0.15, 0.2) is 0 Å². The molecule has 1 nitrogen and oxygen atoms in total. The first kappa shape index (κ1) is 8.02. The summed E-state index contributed by atoms with van der Waals surface area (Å²) in [4.78, 5) is 0. The summed E-state index contributed by atoms with van der Waals surface area (Å²) in [5.41, 5.74) is -0.825. The van der Waals surface area contributed by atoms with E-state index in [2.05, 4.69) is 0 Å². The van der Waals surface area contributed by atoms with E-state index in [0.29, 0.717) is 7.56 Å². The molecule has 43 valence electrons. The van der Waals surface area contributed by atoms with Gasteiger partial charge < -0.3 is 9.05 Å². The molecule has 0 atom stereocenters. The lowest BCUT2D eigenvalue weighted by Crippen LogP contribution is -2.30. The molecule has 0 aliphatic rings. The van der Waals surface area contributed by atoms with Crippen LogP contribution in [0, 0.1) is 0 Å². The van der Waals surface area contributed by atoms with Crippen molar-refractivity contribution in [3.05, 3.63) is 0 Å². The number of halogens is 1. The van der Waals surface area contributed by atoms with E-state index in [9.17, 15) is 4.32 Å². The number of ether oxygens (including phenoxy) is 1. The molecule has 0 fully saturated rings. The zero-order chi connectivity index (χ0) is 6.62. The third kappa shape index (κ3) is 3.08. The van der Waals surface area contributed by atoms with Crippen molar-refractivity contribution in [2.24, 2.45) is 0 Å². The Balaban J connectivity index is 3.37. The second-order valence-corrected chi connectivity index (χ2v) is 2.02. The Labute approximate surface area is 51.3 Å². The molecular formula is C4H8B2FO. The quantitative estimate of drug-likeness (QED) is 0.482. The summed E-state index contributed by atoms with van der Waals surface area (Å²) in [6.07, 6.45) is 0. The van der Waals surface area contributed by atoms with Crippen LogP contribution in [0.15, 0.2) is 0 Å². The zero-order valence-electron chi connectivity index (χ0n) is 5.15. The second-order valence-electron chi connectivity index (χ2n) is 2.02. The standard InChI is InChI=1S/C4H8B2FO/c1-4(2,6-7)8-3-5/h3H2,1-2H3. The van der Waals surface area contributed by atoms with Gasteiger partial charge in [0, 0.05) is 6.51 Å². The molecule has 0 aromatic rings. The minimum absolute atomic E-state index is 0.0490. The molecule has 0 unspecified atom stereocenters. The molecule has 0 saturated carbocycles. The smallest absolute Gasteiger partial charge is 0.389 e. The van der Waals surface area contributed by atoms with E-state index in [-0.39, 0.29) is 6.51 Å². The van der Waals surface area contributed by atoms with Crippen LogP contribution in [0.5, 0.6) is 0 Å². The molecule has 0 spiro atoms. The molecule has 0 aromatic heterocycles. The average molecular weight is 113 g/mol. The maximum Gasteiger partial charge on any atom is 0.389 e. The second kappa shape index (κ2) is 3.13. The molecule has 0 rings (SSSR count). The van der Waals surface area contributed by atoms with Gasteiger partial charge in [-0.15, -0.1) is 0 Å². The molecule has 0 aromatic carbocycles. The van der Waals surface area contributed by atoms with Crippen molar-refractivity contribution in [2.45, 2.75) is 19.3 Å². The Morgan fingerprint density at radius 1 is 1.75 bits per heavy atom. The molecule has 0 N–H and O–H groups in total. The Morgan fingerprint density at radius 2 is 2.25 bits per heavy atom. The van der Waals surface area contributed by atoms with E-state index in [4.69, 9.17) is 12.6 Å². The molecule has 0 heterocycles. The van der Waals surface area contributed by atoms with E-state index < -0.39 is 5.50 Å². The van der Waals surface area contributed by atoms with Crippen molar-refractivity contribution >= 4 is 15.4 Å². The highest BCUT2D eigenvalue weighted by molar-refractivity contribution is 6.30. The Bertz CT molecular complexity index is 67.1. The van der Waals surface area contributed by atoms with Gasteiger partial charge in [0.1, 0.15) is 7.85 Å². The molecule has 4 heteroatoms. The number of hydrogen-bond donors (Lipinski definition) is 0. The lowest BCUT2D eigenvalue weighted by Gasteiger charge is -2.18. The van der Waals surface area contributed by atoms with Gasteiger partial charge in [-0.05, 0) is 13.8 Å². The van der Waals surface area contributed by atoms with Crippen molar-refractivity contribution in [3.63, 3.8) is 0 Å². The third-order valence-corrected chi connectivity index (χ3v) is 0.718. The molecule has 0 bridgehead atoms. The minimum Gasteiger partial charge on any atom is -0.391 e. The predicted octanol–water partition coefficient (Wildman–Crippen LogP) is 0.454. The van der Waals surface area contributed by atoms with Crippen LogP contribution in [0.4, 0.5) is 4.32 Å². The van der Waals surface area contributed by atoms with E-state index in [0.717, 1.165) is 0 Å². The van der Waals surface area contributed by atoms with Crippen LogP contribution < -0.4 is 0 Å². The zero-order valence-corrected chi connectivity index (χ0v) is 5.15. The van der Waals surface area contributed by atoms with Crippen LogP contribution in [0.1, 0.15) is 13.8 Å². The summed E-state index contributed by atoms with van der Waals surface area (Å²) in [6, 6.07) is 0. The fourth-order valence-corrected chi connectivity index (χ4v) is 0.246. The Kier molecular flexibility index (Phi) is 3.13. The van der Waals surface area contributed by atoms with Crippen molar-refractivity contribution < 1.29 is 9.05 Å². The topological polar surface area (TPSA) is 9.23 Å². The summed E-state index contributed by atoms with van der Waals surface area (Å²) in [5, 5.41) is 0. The van der Waals surface area contributed by atoms with Crippen LogP contribution >= 0.6 is 0 Å². The Morgan fingerprint density at radius 3 is 2.38 bits per heavy atom. The van der Waals surface area contributed by atoms with Gasteiger partial charge in [-0.1, -0.05) is 0 Å². The molecule has 8 heavy (non-hydrogen) atoms.